The van der Waals surface area contributed by atoms with Gasteiger partial charge in [0.05, 0.1) is 17.8 Å². The van der Waals surface area contributed by atoms with Crippen LogP contribution in [0.4, 0.5) is 11.4 Å². The molecule has 1 atom stereocenters. The maximum absolute atomic E-state index is 12.7. The first-order valence-electron chi connectivity index (χ1n) is 9.08. The van der Waals surface area contributed by atoms with Crippen molar-refractivity contribution in [3.63, 3.8) is 0 Å². The number of amides is 2. The molecular formula is C22H20Cl2N2O2S. The van der Waals surface area contributed by atoms with Crippen LogP contribution in [-0.2, 0) is 22.4 Å². The molecule has 2 aromatic carbocycles. The molecule has 7 heteroatoms. The predicted octanol–water partition coefficient (Wildman–Crippen LogP) is 6.05. The molecule has 150 valence electrons. The summed E-state index contributed by atoms with van der Waals surface area (Å²) in [7, 11) is 0. The van der Waals surface area contributed by atoms with Crippen LogP contribution in [0.25, 0.3) is 0 Å². The smallest absolute Gasteiger partial charge is 0.229 e. The maximum atomic E-state index is 12.7. The summed E-state index contributed by atoms with van der Waals surface area (Å²) in [6.45, 7) is 1.83. The molecule has 4 nitrogen and oxygen atoms in total. The Kier molecular flexibility index (Phi) is 7.31. The van der Waals surface area contributed by atoms with Crippen LogP contribution in [-0.4, -0.2) is 11.8 Å². The Morgan fingerprint density at radius 1 is 1.00 bits per heavy atom. The van der Waals surface area contributed by atoms with Crippen LogP contribution in [0.1, 0.15) is 17.4 Å². The van der Waals surface area contributed by atoms with Crippen molar-refractivity contribution in [2.45, 2.75) is 19.8 Å². The number of rotatable bonds is 7. The van der Waals surface area contributed by atoms with Crippen LogP contribution >= 0.6 is 34.5 Å². The van der Waals surface area contributed by atoms with Gasteiger partial charge in [0.15, 0.2) is 0 Å². The van der Waals surface area contributed by atoms with Crippen molar-refractivity contribution < 1.29 is 9.59 Å². The Hall–Kier alpha value is -2.34. The Morgan fingerprint density at radius 2 is 1.72 bits per heavy atom. The molecule has 0 spiro atoms. The van der Waals surface area contributed by atoms with Crippen LogP contribution in [0.3, 0.4) is 0 Å². The molecule has 0 aliphatic heterocycles. The van der Waals surface area contributed by atoms with Crippen LogP contribution < -0.4 is 10.6 Å². The molecule has 1 unspecified atom stereocenters. The summed E-state index contributed by atoms with van der Waals surface area (Å²) >= 11 is 13.7. The molecule has 0 bridgehead atoms. The second-order valence-electron chi connectivity index (χ2n) is 6.68. The summed E-state index contributed by atoms with van der Waals surface area (Å²) in [6, 6.07) is 16.2. The molecule has 1 aromatic heterocycles. The van der Waals surface area contributed by atoms with E-state index < -0.39 is 0 Å². The highest BCUT2D eigenvalue weighted by Gasteiger charge is 2.17. The number of hydrogen-bond donors (Lipinski definition) is 2. The average Bonchev–Trinajstić information content (AvgIpc) is 3.18. The molecular weight excluding hydrogens is 427 g/mol. The van der Waals surface area contributed by atoms with Crippen molar-refractivity contribution in [2.24, 2.45) is 5.92 Å². The molecule has 0 saturated carbocycles. The average molecular weight is 447 g/mol. The van der Waals surface area contributed by atoms with Gasteiger partial charge in [0.2, 0.25) is 11.8 Å². The number of carbonyl (C=O) groups is 2. The summed E-state index contributed by atoms with van der Waals surface area (Å²) in [6.07, 6.45) is 0.778. The van der Waals surface area contributed by atoms with Gasteiger partial charge in [-0.2, -0.15) is 0 Å². The van der Waals surface area contributed by atoms with Crippen LogP contribution in [0.15, 0.2) is 60.0 Å². The van der Waals surface area contributed by atoms with Crippen molar-refractivity contribution in [3.05, 3.63) is 80.5 Å². The summed E-state index contributed by atoms with van der Waals surface area (Å²) < 4.78 is 0. The molecule has 3 rings (SSSR count). The lowest BCUT2D eigenvalue weighted by Gasteiger charge is -2.16. The predicted molar refractivity (Wildman–Crippen MR) is 121 cm³/mol. The minimum atomic E-state index is -0.316. The van der Waals surface area contributed by atoms with Gasteiger partial charge in [0.1, 0.15) is 0 Å². The van der Waals surface area contributed by atoms with Gasteiger partial charge in [-0.25, -0.2) is 0 Å². The fourth-order valence-corrected chi connectivity index (χ4v) is 4.02. The SMILES string of the molecule is CC(Cc1ccc(Cl)cc1Cl)C(=O)Nc1ccccc1NC(=O)Cc1cccs1. The Balaban J connectivity index is 1.64. The van der Waals surface area contributed by atoms with E-state index in [1.165, 1.54) is 11.3 Å². The lowest BCUT2D eigenvalue weighted by molar-refractivity contribution is -0.119. The number of benzene rings is 2. The van der Waals surface area contributed by atoms with Crippen molar-refractivity contribution in [2.75, 3.05) is 10.6 Å². The monoisotopic (exact) mass is 446 g/mol. The molecule has 3 aromatic rings. The van der Waals surface area contributed by atoms with Gasteiger partial charge in [-0.1, -0.05) is 54.4 Å². The number of hydrogen-bond acceptors (Lipinski definition) is 3. The van der Waals surface area contributed by atoms with Crippen LogP contribution in [0.5, 0.6) is 0 Å². The fraction of sp³-hybridized carbons (Fsp3) is 0.182. The highest BCUT2D eigenvalue weighted by atomic mass is 35.5. The van der Waals surface area contributed by atoms with E-state index in [9.17, 15) is 9.59 Å². The molecule has 29 heavy (non-hydrogen) atoms. The van der Waals surface area contributed by atoms with E-state index in [2.05, 4.69) is 10.6 Å². The van der Waals surface area contributed by atoms with Gasteiger partial charge in [-0.15, -0.1) is 11.3 Å². The number of halogens is 2. The third kappa shape index (κ3) is 6.07. The van der Waals surface area contributed by atoms with Gasteiger partial charge in [-0.3, -0.25) is 9.59 Å². The third-order valence-electron chi connectivity index (χ3n) is 4.36. The number of carbonyl (C=O) groups excluding carboxylic acids is 2. The number of anilines is 2. The third-order valence-corrected chi connectivity index (χ3v) is 5.83. The lowest BCUT2D eigenvalue weighted by atomic mass is 10.00. The molecule has 2 N–H and O–H groups in total. The van der Waals surface area contributed by atoms with Crippen molar-refractivity contribution >= 4 is 57.7 Å². The first-order valence-corrected chi connectivity index (χ1v) is 10.7. The van der Waals surface area contributed by atoms with Gasteiger partial charge in [0.25, 0.3) is 0 Å². The highest BCUT2D eigenvalue weighted by Crippen LogP contribution is 2.26. The first kappa shape index (κ1) is 21.4. The minimum absolute atomic E-state index is 0.129. The number of nitrogens with one attached hydrogen (secondary N) is 2. The van der Waals surface area contributed by atoms with Gasteiger partial charge in [-0.05, 0) is 47.7 Å². The quantitative estimate of drug-likeness (QED) is 0.463. The standard InChI is InChI=1S/C22H20Cl2N2O2S/c1-14(11-15-8-9-16(23)12-18(15)24)22(28)26-20-7-3-2-6-19(20)25-21(27)13-17-5-4-10-29-17/h2-10,12,14H,11,13H2,1H3,(H,25,27)(H,26,28). The van der Waals surface area contributed by atoms with E-state index in [4.69, 9.17) is 23.2 Å². The van der Waals surface area contributed by atoms with Crippen molar-refractivity contribution in [3.8, 4) is 0 Å². The Labute approximate surface area is 183 Å². The molecule has 0 fully saturated rings. The zero-order valence-corrected chi connectivity index (χ0v) is 18.1. The molecule has 0 saturated heterocycles. The van der Waals surface area contributed by atoms with Gasteiger partial charge < -0.3 is 10.6 Å². The fourth-order valence-electron chi connectivity index (χ4n) is 2.83. The molecule has 0 radical (unpaired) electrons. The van der Waals surface area contributed by atoms with Gasteiger partial charge in [0, 0.05) is 20.8 Å². The normalized spacial score (nSPS) is 11.7. The zero-order chi connectivity index (χ0) is 20.8. The lowest BCUT2D eigenvalue weighted by Crippen LogP contribution is -2.23. The van der Waals surface area contributed by atoms with Gasteiger partial charge >= 0.3 is 0 Å². The van der Waals surface area contributed by atoms with Crippen molar-refractivity contribution in [1.82, 2.24) is 0 Å². The Morgan fingerprint density at radius 3 is 2.38 bits per heavy atom. The van der Waals surface area contributed by atoms with E-state index >= 15 is 0 Å². The van der Waals surface area contributed by atoms with E-state index in [-0.39, 0.29) is 17.7 Å². The summed E-state index contributed by atoms with van der Waals surface area (Å²) in [5, 5.41) is 8.81. The van der Waals surface area contributed by atoms with E-state index in [1.807, 2.05) is 42.6 Å². The topological polar surface area (TPSA) is 58.2 Å². The van der Waals surface area contributed by atoms with Crippen LogP contribution in [0, 0.1) is 5.92 Å². The Bertz CT molecular complexity index is 1010. The summed E-state index contributed by atoms with van der Waals surface area (Å²) in [5.74, 6) is -0.602. The molecule has 1 heterocycles. The first-order chi connectivity index (χ1) is 13.9. The molecule has 0 aliphatic carbocycles. The minimum Gasteiger partial charge on any atom is -0.324 e. The number of thiophene rings is 1. The van der Waals surface area contributed by atoms with Crippen LogP contribution in [0.2, 0.25) is 10.0 Å². The second kappa shape index (κ2) is 9.92. The number of para-hydroxylation sites is 2. The second-order valence-corrected chi connectivity index (χ2v) is 8.56. The molecule has 2 amide bonds. The summed E-state index contributed by atoms with van der Waals surface area (Å²) in [5.41, 5.74) is 1.99. The zero-order valence-electron chi connectivity index (χ0n) is 15.7. The van der Waals surface area contributed by atoms with E-state index in [1.54, 1.807) is 24.3 Å². The largest absolute Gasteiger partial charge is 0.324 e. The molecule has 0 aliphatic rings. The van der Waals surface area contributed by atoms with E-state index in [0.717, 1.165) is 10.4 Å². The van der Waals surface area contributed by atoms with E-state index in [0.29, 0.717) is 34.3 Å². The maximum Gasteiger partial charge on any atom is 0.229 e. The van der Waals surface area contributed by atoms with Crippen molar-refractivity contribution in [1.29, 1.82) is 0 Å². The summed E-state index contributed by atoms with van der Waals surface area (Å²) in [4.78, 5) is 26.0. The highest BCUT2D eigenvalue weighted by molar-refractivity contribution is 7.10.